The van der Waals surface area contributed by atoms with Crippen LogP contribution in [0.3, 0.4) is 0 Å². The number of benzene rings is 3. The molecule has 1 fully saturated rings. The molecular formula is C34H32N4O4. The summed E-state index contributed by atoms with van der Waals surface area (Å²) in [4.78, 5) is 40.1. The van der Waals surface area contributed by atoms with Crippen LogP contribution in [-0.4, -0.2) is 55.8 Å². The highest BCUT2D eigenvalue weighted by molar-refractivity contribution is 6.01. The first-order valence-corrected chi connectivity index (χ1v) is 14.7. The van der Waals surface area contributed by atoms with Crippen LogP contribution >= 0.6 is 0 Å². The van der Waals surface area contributed by atoms with E-state index >= 15 is 0 Å². The Labute approximate surface area is 243 Å². The van der Waals surface area contributed by atoms with Gasteiger partial charge in [0.2, 0.25) is 0 Å². The van der Waals surface area contributed by atoms with Crippen LogP contribution in [0.25, 0.3) is 33.3 Å². The number of imidazole rings is 1. The van der Waals surface area contributed by atoms with Gasteiger partial charge in [-0.15, -0.1) is 0 Å². The third-order valence-corrected chi connectivity index (χ3v) is 9.17. The predicted molar refractivity (Wildman–Crippen MR) is 160 cm³/mol. The van der Waals surface area contributed by atoms with E-state index in [1.807, 2.05) is 59.6 Å². The lowest BCUT2D eigenvalue weighted by Crippen LogP contribution is -2.52. The third-order valence-electron chi connectivity index (χ3n) is 9.17. The molecule has 1 saturated heterocycles. The van der Waals surface area contributed by atoms with Crippen molar-refractivity contribution in [3.8, 4) is 22.9 Å². The number of amides is 1. The number of aromatic nitrogens is 3. The second-order valence-corrected chi connectivity index (χ2v) is 12.6. The predicted octanol–water partition coefficient (Wildman–Crippen LogP) is 6.46. The van der Waals surface area contributed by atoms with E-state index in [9.17, 15) is 9.59 Å². The quantitative estimate of drug-likeness (QED) is 0.258. The van der Waals surface area contributed by atoms with Crippen LogP contribution in [0.5, 0.6) is 11.5 Å². The maximum absolute atomic E-state index is 13.6. The van der Waals surface area contributed by atoms with E-state index in [-0.39, 0.29) is 17.3 Å². The Kier molecular flexibility index (Phi) is 5.36. The maximum Gasteiger partial charge on any atom is 0.253 e. The minimum absolute atomic E-state index is 0.0242. The zero-order valence-electron chi connectivity index (χ0n) is 23.8. The Balaban J connectivity index is 0.991. The van der Waals surface area contributed by atoms with Gasteiger partial charge >= 0.3 is 0 Å². The topological polar surface area (TPSA) is 100 Å². The molecule has 5 heterocycles. The molecule has 0 saturated carbocycles. The summed E-state index contributed by atoms with van der Waals surface area (Å²) in [6, 6.07) is 17.7. The Morgan fingerprint density at radius 2 is 1.79 bits per heavy atom. The molecule has 0 radical (unpaired) electrons. The average Bonchev–Trinajstić information content (AvgIpc) is 3.62. The van der Waals surface area contributed by atoms with Crippen molar-refractivity contribution in [1.82, 2.24) is 19.9 Å². The number of ketones is 1. The second kappa shape index (κ2) is 8.95. The second-order valence-electron chi connectivity index (χ2n) is 12.6. The molecule has 8 nitrogen and oxygen atoms in total. The number of Topliss-reactive ketones (excluding diaryl/α,β-unsaturated/α-hetero) is 1. The minimum Gasteiger partial charge on any atom is -0.487 e. The number of aryl methyl sites for hydroxylation is 1. The number of nitrogens with zero attached hydrogens (tertiary/aromatic N) is 2. The molecule has 0 bridgehead atoms. The summed E-state index contributed by atoms with van der Waals surface area (Å²) in [7, 11) is 0. The first-order chi connectivity index (χ1) is 20.2. The molecule has 212 valence electrons. The Morgan fingerprint density at radius 1 is 0.929 bits per heavy atom. The number of carbonyl (C=O) groups is 2. The van der Waals surface area contributed by atoms with Crippen molar-refractivity contribution in [2.45, 2.75) is 57.2 Å². The molecule has 0 atom stereocenters. The van der Waals surface area contributed by atoms with Gasteiger partial charge in [0, 0.05) is 60.2 Å². The van der Waals surface area contributed by atoms with Gasteiger partial charge < -0.3 is 24.3 Å². The molecule has 3 aromatic carbocycles. The molecule has 3 aliphatic heterocycles. The molecule has 42 heavy (non-hydrogen) atoms. The Morgan fingerprint density at radius 3 is 2.64 bits per heavy atom. The van der Waals surface area contributed by atoms with Gasteiger partial charge in [-0.05, 0) is 80.8 Å². The van der Waals surface area contributed by atoms with E-state index < -0.39 is 5.60 Å². The molecule has 0 unspecified atom stereocenters. The number of likely N-dealkylation sites (tertiary alicyclic amines) is 1. The van der Waals surface area contributed by atoms with Gasteiger partial charge in [0.25, 0.3) is 5.91 Å². The number of aromatic amines is 2. The van der Waals surface area contributed by atoms with Gasteiger partial charge in [0.1, 0.15) is 28.5 Å². The average molecular weight is 561 g/mol. The van der Waals surface area contributed by atoms with Gasteiger partial charge in [0.05, 0.1) is 23.0 Å². The smallest absolute Gasteiger partial charge is 0.253 e. The molecule has 2 N–H and O–H groups in total. The van der Waals surface area contributed by atoms with E-state index in [1.54, 1.807) is 0 Å². The summed E-state index contributed by atoms with van der Waals surface area (Å²) in [5.41, 5.74) is 5.23. The fourth-order valence-corrected chi connectivity index (χ4v) is 6.70. The fourth-order valence-electron chi connectivity index (χ4n) is 6.70. The van der Waals surface area contributed by atoms with E-state index in [0.29, 0.717) is 49.2 Å². The third kappa shape index (κ3) is 4.16. The van der Waals surface area contributed by atoms with Crippen molar-refractivity contribution >= 4 is 33.6 Å². The van der Waals surface area contributed by atoms with Crippen LogP contribution in [0.2, 0.25) is 0 Å². The van der Waals surface area contributed by atoms with Crippen LogP contribution in [0.4, 0.5) is 0 Å². The molecule has 5 aromatic rings. The van der Waals surface area contributed by atoms with E-state index in [0.717, 1.165) is 57.5 Å². The van der Waals surface area contributed by atoms with Gasteiger partial charge in [0.15, 0.2) is 5.78 Å². The first-order valence-electron chi connectivity index (χ1n) is 14.7. The number of rotatable bonds is 2. The Hall–Kier alpha value is -4.59. The number of hydrogen-bond donors (Lipinski definition) is 2. The van der Waals surface area contributed by atoms with Crippen LogP contribution < -0.4 is 9.47 Å². The highest BCUT2D eigenvalue weighted by Crippen LogP contribution is 2.44. The SMILES string of the molecule is CC1(C)CCc2cc3c(cc2O1)OC1(CCN(C(=O)c2ccc4nc(-c5ccc6[nH]ccc6c5)[nH]c4c2)CC1)CC3=O. The summed E-state index contributed by atoms with van der Waals surface area (Å²) in [6.45, 7) is 5.22. The molecule has 8 rings (SSSR count). The van der Waals surface area contributed by atoms with Gasteiger partial charge in [-0.1, -0.05) is 0 Å². The van der Waals surface area contributed by atoms with Gasteiger partial charge in [-0.2, -0.15) is 0 Å². The molecule has 1 amide bonds. The zero-order valence-corrected chi connectivity index (χ0v) is 23.8. The fraction of sp³-hybridized carbons (Fsp3) is 0.324. The van der Waals surface area contributed by atoms with Crippen molar-refractivity contribution in [1.29, 1.82) is 0 Å². The number of fused-ring (bicyclic) bond motifs is 4. The highest BCUT2D eigenvalue weighted by atomic mass is 16.5. The van der Waals surface area contributed by atoms with Crippen molar-refractivity contribution in [2.24, 2.45) is 0 Å². The van der Waals surface area contributed by atoms with E-state index in [2.05, 4.69) is 29.9 Å². The lowest BCUT2D eigenvalue weighted by atomic mass is 9.81. The van der Waals surface area contributed by atoms with Crippen LogP contribution in [0.1, 0.15) is 65.8 Å². The van der Waals surface area contributed by atoms with E-state index in [1.165, 1.54) is 0 Å². The molecule has 0 aliphatic carbocycles. The number of hydrogen-bond acceptors (Lipinski definition) is 5. The summed E-state index contributed by atoms with van der Waals surface area (Å²) in [5, 5.41) is 1.12. The summed E-state index contributed by atoms with van der Waals surface area (Å²) in [5.74, 6) is 2.28. The van der Waals surface area contributed by atoms with Crippen LogP contribution in [0, 0.1) is 0 Å². The van der Waals surface area contributed by atoms with E-state index in [4.69, 9.17) is 14.5 Å². The number of nitrogens with one attached hydrogen (secondary N) is 2. The number of H-pyrrole nitrogens is 2. The van der Waals surface area contributed by atoms with Crippen molar-refractivity contribution in [3.05, 3.63) is 77.5 Å². The lowest BCUT2D eigenvalue weighted by molar-refractivity contribution is -0.00622. The number of piperidine rings is 1. The van der Waals surface area contributed by atoms with Gasteiger partial charge in [-0.3, -0.25) is 9.59 Å². The summed E-state index contributed by atoms with van der Waals surface area (Å²) >= 11 is 0. The summed E-state index contributed by atoms with van der Waals surface area (Å²) in [6.07, 6.45) is 5.27. The summed E-state index contributed by atoms with van der Waals surface area (Å²) < 4.78 is 12.8. The number of carbonyl (C=O) groups excluding carboxylic acids is 2. The maximum atomic E-state index is 13.6. The van der Waals surface area contributed by atoms with Crippen molar-refractivity contribution in [2.75, 3.05) is 13.1 Å². The zero-order chi connectivity index (χ0) is 28.6. The largest absolute Gasteiger partial charge is 0.487 e. The standard InChI is InChI=1S/C34H32N4O4/c1-33(2)9-7-21-16-24-28(39)19-34(42-30(24)18-29(21)41-33)10-13-38(14-11-34)32(40)23-4-6-26-27(17-23)37-31(36-26)22-3-5-25-20(15-22)8-12-35-25/h3-6,8,12,15-18,35H,7,9-11,13-14,19H2,1-2H3,(H,36,37). The highest BCUT2D eigenvalue weighted by Gasteiger charge is 2.44. The molecule has 2 aromatic heterocycles. The Bertz CT molecular complexity index is 1910. The number of ether oxygens (including phenoxy) is 2. The van der Waals surface area contributed by atoms with Crippen LogP contribution in [-0.2, 0) is 6.42 Å². The van der Waals surface area contributed by atoms with Gasteiger partial charge in [-0.25, -0.2) is 4.98 Å². The van der Waals surface area contributed by atoms with Crippen molar-refractivity contribution < 1.29 is 19.1 Å². The minimum atomic E-state index is -0.595. The molecule has 3 aliphatic rings. The monoisotopic (exact) mass is 560 g/mol. The first kappa shape index (κ1) is 25.1. The molecular weight excluding hydrogens is 528 g/mol. The normalized spacial score (nSPS) is 18.9. The lowest BCUT2D eigenvalue weighted by Gasteiger charge is -2.44. The molecule has 8 heteroatoms. The van der Waals surface area contributed by atoms with Crippen LogP contribution in [0.15, 0.2) is 60.8 Å². The molecule has 1 spiro atoms. The van der Waals surface area contributed by atoms with Crippen molar-refractivity contribution in [3.63, 3.8) is 0 Å².